The normalized spacial score (nSPS) is 14.7. The second-order valence-corrected chi connectivity index (χ2v) is 6.10. The fourth-order valence-corrected chi connectivity index (χ4v) is 2.67. The molecule has 0 aliphatic heterocycles. The van der Waals surface area contributed by atoms with Gasteiger partial charge in [-0.2, -0.15) is 0 Å². The molecule has 2 rings (SSSR count). The zero-order chi connectivity index (χ0) is 18.7. The average Bonchev–Trinajstić information content (AvgIpc) is 2.51. The van der Waals surface area contributed by atoms with Gasteiger partial charge in [0.2, 0.25) is 0 Å². The van der Waals surface area contributed by atoms with Crippen molar-refractivity contribution in [2.75, 3.05) is 0 Å². The van der Waals surface area contributed by atoms with Crippen molar-refractivity contribution < 1.29 is 22.7 Å². The van der Waals surface area contributed by atoms with Crippen LogP contribution in [0.25, 0.3) is 0 Å². The molecule has 6 heteroatoms. The summed E-state index contributed by atoms with van der Waals surface area (Å²) in [6, 6.07) is 6.64. The first-order valence-electron chi connectivity index (χ1n) is 7.87. The van der Waals surface area contributed by atoms with E-state index in [1.807, 2.05) is 0 Å². The van der Waals surface area contributed by atoms with Crippen LogP contribution in [0, 0.1) is 24.4 Å². The van der Waals surface area contributed by atoms with E-state index in [2.05, 4.69) is 0 Å². The van der Waals surface area contributed by atoms with Gasteiger partial charge in [-0.1, -0.05) is 18.2 Å². The molecule has 0 saturated carbocycles. The molecule has 0 unspecified atom stereocenters. The van der Waals surface area contributed by atoms with E-state index in [-0.39, 0.29) is 11.1 Å². The van der Waals surface area contributed by atoms with Crippen LogP contribution in [0.3, 0.4) is 0 Å². The summed E-state index contributed by atoms with van der Waals surface area (Å²) < 4.78 is 47.3. The third-order valence-electron chi connectivity index (χ3n) is 3.93. The van der Waals surface area contributed by atoms with Crippen molar-refractivity contribution in [1.29, 1.82) is 0 Å². The standard InChI is InChI=1S/C19H20F3NO2/c1-10-4-6-14(16(21)8-10)18(12(3)25-19(24)11(2)23)15-7-5-13(20)9-17(15)22/h4-9,11-12,18H,23H2,1-3H3/t11-,12-,18-/m0/s1. The van der Waals surface area contributed by atoms with Crippen LogP contribution in [0.1, 0.15) is 36.5 Å². The van der Waals surface area contributed by atoms with Gasteiger partial charge in [-0.25, -0.2) is 13.2 Å². The van der Waals surface area contributed by atoms with Crippen LogP contribution in [0.2, 0.25) is 0 Å². The summed E-state index contributed by atoms with van der Waals surface area (Å²) in [7, 11) is 0. The first-order valence-corrected chi connectivity index (χ1v) is 7.87. The van der Waals surface area contributed by atoms with E-state index < -0.39 is 41.5 Å². The highest BCUT2D eigenvalue weighted by Gasteiger charge is 2.30. The monoisotopic (exact) mass is 351 g/mol. The van der Waals surface area contributed by atoms with Gasteiger partial charge >= 0.3 is 5.97 Å². The van der Waals surface area contributed by atoms with Crippen LogP contribution < -0.4 is 5.73 Å². The summed E-state index contributed by atoms with van der Waals surface area (Å²) in [5, 5.41) is 0. The Labute approximate surface area is 144 Å². The maximum Gasteiger partial charge on any atom is 0.322 e. The van der Waals surface area contributed by atoms with Gasteiger partial charge in [-0.3, -0.25) is 4.79 Å². The van der Waals surface area contributed by atoms with E-state index in [0.717, 1.165) is 6.07 Å². The minimum Gasteiger partial charge on any atom is -0.461 e. The molecular weight excluding hydrogens is 331 g/mol. The highest BCUT2D eigenvalue weighted by atomic mass is 19.1. The van der Waals surface area contributed by atoms with Crippen molar-refractivity contribution >= 4 is 5.97 Å². The molecule has 0 heterocycles. The summed E-state index contributed by atoms with van der Waals surface area (Å²) in [5.74, 6) is -3.77. The minimum atomic E-state index is -0.941. The molecule has 0 aliphatic rings. The lowest BCUT2D eigenvalue weighted by Crippen LogP contribution is -2.34. The zero-order valence-electron chi connectivity index (χ0n) is 14.2. The quantitative estimate of drug-likeness (QED) is 0.833. The predicted molar refractivity (Wildman–Crippen MR) is 88.5 cm³/mol. The van der Waals surface area contributed by atoms with Gasteiger partial charge in [-0.15, -0.1) is 0 Å². The lowest BCUT2D eigenvalue weighted by atomic mass is 9.86. The fraction of sp³-hybridized carbons (Fsp3) is 0.316. The molecule has 2 aromatic rings. The van der Waals surface area contributed by atoms with Gasteiger partial charge < -0.3 is 10.5 Å². The number of hydrogen-bond acceptors (Lipinski definition) is 3. The van der Waals surface area contributed by atoms with Crippen LogP contribution in [0.5, 0.6) is 0 Å². The van der Waals surface area contributed by atoms with E-state index >= 15 is 0 Å². The van der Waals surface area contributed by atoms with Gasteiger partial charge in [-0.05, 0) is 49.6 Å². The number of rotatable bonds is 5. The van der Waals surface area contributed by atoms with Crippen molar-refractivity contribution in [3.8, 4) is 0 Å². The van der Waals surface area contributed by atoms with Crippen LogP contribution in [-0.4, -0.2) is 18.1 Å². The highest BCUT2D eigenvalue weighted by Crippen LogP contribution is 2.34. The maximum absolute atomic E-state index is 14.5. The third-order valence-corrected chi connectivity index (χ3v) is 3.93. The lowest BCUT2D eigenvalue weighted by Gasteiger charge is -2.26. The molecule has 25 heavy (non-hydrogen) atoms. The molecule has 0 bridgehead atoms. The summed E-state index contributed by atoms with van der Waals surface area (Å²) in [5.41, 5.74) is 6.37. The van der Waals surface area contributed by atoms with Gasteiger partial charge in [0.25, 0.3) is 0 Å². The largest absolute Gasteiger partial charge is 0.461 e. The molecule has 0 fully saturated rings. The minimum absolute atomic E-state index is 0.0362. The number of carbonyl (C=O) groups is 1. The second-order valence-electron chi connectivity index (χ2n) is 6.10. The summed E-state index contributed by atoms with van der Waals surface area (Å²) >= 11 is 0. The number of aryl methyl sites for hydroxylation is 1. The number of halogens is 3. The van der Waals surface area contributed by atoms with Crippen molar-refractivity contribution in [3.05, 3.63) is 70.5 Å². The molecular formula is C19H20F3NO2. The molecule has 0 aromatic heterocycles. The van der Waals surface area contributed by atoms with Crippen molar-refractivity contribution in [2.24, 2.45) is 5.73 Å². The van der Waals surface area contributed by atoms with Crippen LogP contribution >= 0.6 is 0 Å². The van der Waals surface area contributed by atoms with Gasteiger partial charge in [0.05, 0.1) is 5.92 Å². The van der Waals surface area contributed by atoms with E-state index in [1.165, 1.54) is 32.0 Å². The molecule has 0 saturated heterocycles. The molecule has 2 aromatic carbocycles. The van der Waals surface area contributed by atoms with Crippen LogP contribution in [-0.2, 0) is 9.53 Å². The van der Waals surface area contributed by atoms with E-state index in [1.54, 1.807) is 13.0 Å². The first kappa shape index (κ1) is 19.0. The topological polar surface area (TPSA) is 52.3 Å². The Kier molecular flexibility index (Phi) is 5.85. The van der Waals surface area contributed by atoms with E-state index in [0.29, 0.717) is 11.6 Å². The summed E-state index contributed by atoms with van der Waals surface area (Å²) in [4.78, 5) is 11.8. The molecule has 3 atom stereocenters. The van der Waals surface area contributed by atoms with Gasteiger partial charge in [0.1, 0.15) is 29.6 Å². The predicted octanol–water partition coefficient (Wildman–Crippen LogP) is 3.82. The Morgan fingerprint density at radius 2 is 1.56 bits per heavy atom. The Balaban J connectivity index is 2.52. The number of esters is 1. The average molecular weight is 351 g/mol. The smallest absolute Gasteiger partial charge is 0.322 e. The molecule has 0 radical (unpaired) electrons. The van der Waals surface area contributed by atoms with Crippen LogP contribution in [0.4, 0.5) is 13.2 Å². The highest BCUT2D eigenvalue weighted by molar-refractivity contribution is 5.75. The molecule has 0 spiro atoms. The van der Waals surface area contributed by atoms with Gasteiger partial charge in [0.15, 0.2) is 0 Å². The Morgan fingerprint density at radius 1 is 1.00 bits per heavy atom. The number of carbonyl (C=O) groups excluding carboxylic acids is 1. The summed E-state index contributed by atoms with van der Waals surface area (Å²) in [6.45, 7) is 4.70. The second kappa shape index (κ2) is 7.70. The molecule has 0 amide bonds. The van der Waals surface area contributed by atoms with E-state index in [4.69, 9.17) is 10.5 Å². The van der Waals surface area contributed by atoms with E-state index in [9.17, 15) is 18.0 Å². The molecule has 2 N–H and O–H groups in total. The molecule has 3 nitrogen and oxygen atoms in total. The Bertz CT molecular complexity index is 726. The molecule has 0 aliphatic carbocycles. The SMILES string of the molecule is Cc1ccc([C@@H](c2ccc(F)cc2F)[C@H](C)OC(=O)[C@H](C)N)c(F)c1. The number of benzene rings is 2. The Hall–Kier alpha value is -2.34. The zero-order valence-corrected chi connectivity index (χ0v) is 14.2. The van der Waals surface area contributed by atoms with Crippen molar-refractivity contribution in [3.63, 3.8) is 0 Å². The van der Waals surface area contributed by atoms with Crippen molar-refractivity contribution in [1.82, 2.24) is 0 Å². The maximum atomic E-state index is 14.5. The Morgan fingerprint density at radius 3 is 2.08 bits per heavy atom. The number of nitrogens with two attached hydrogens (primary N) is 1. The summed E-state index contributed by atoms with van der Waals surface area (Å²) in [6.07, 6.45) is -0.907. The lowest BCUT2D eigenvalue weighted by molar-refractivity contribution is -0.150. The van der Waals surface area contributed by atoms with Crippen LogP contribution in [0.15, 0.2) is 36.4 Å². The number of hydrogen-bond donors (Lipinski definition) is 1. The molecule has 134 valence electrons. The first-order chi connectivity index (χ1) is 11.7. The number of ether oxygens (including phenoxy) is 1. The third kappa shape index (κ3) is 4.39. The van der Waals surface area contributed by atoms with Crippen molar-refractivity contribution in [2.45, 2.75) is 38.8 Å². The van der Waals surface area contributed by atoms with Gasteiger partial charge in [0, 0.05) is 6.07 Å². The fourth-order valence-electron chi connectivity index (χ4n) is 2.67.